The molecule has 0 radical (unpaired) electrons. The Morgan fingerprint density at radius 1 is 1.29 bits per heavy atom. The lowest BCUT2D eigenvalue weighted by molar-refractivity contribution is -0.157. The number of carbonyl (C=O) groups excluding carboxylic acids is 1. The van der Waals surface area contributed by atoms with Crippen LogP contribution in [0.4, 0.5) is 4.39 Å². The van der Waals surface area contributed by atoms with Gasteiger partial charge in [-0.05, 0) is 38.5 Å². The van der Waals surface area contributed by atoms with Crippen LogP contribution in [0.15, 0.2) is 24.3 Å². The summed E-state index contributed by atoms with van der Waals surface area (Å²) in [5, 5.41) is 8.85. The largest absolute Gasteiger partial charge is 0.481 e. The Balaban J connectivity index is 3.07. The number of carboxylic acids is 1. The minimum atomic E-state index is -1.11. The van der Waals surface area contributed by atoms with Crippen molar-refractivity contribution in [3.8, 4) is 0 Å². The summed E-state index contributed by atoms with van der Waals surface area (Å²) in [5.41, 5.74) is 5.54. The lowest BCUT2D eigenvalue weighted by Gasteiger charge is -2.27. The molecule has 1 aromatic rings. The lowest BCUT2D eigenvalue weighted by atomic mass is 9.90. The van der Waals surface area contributed by atoms with E-state index in [1.54, 1.807) is 20.8 Å². The third-order valence-corrected chi connectivity index (χ3v) is 2.73. The predicted molar refractivity (Wildman–Crippen MR) is 75.2 cm³/mol. The number of carboxylic acid groups (broad SMARTS) is 1. The van der Waals surface area contributed by atoms with Gasteiger partial charge in [0.25, 0.3) is 0 Å². The Labute approximate surface area is 122 Å². The molecule has 0 saturated carbocycles. The fraction of sp³-hybridized carbons (Fsp3) is 0.467. The zero-order valence-corrected chi connectivity index (χ0v) is 12.3. The van der Waals surface area contributed by atoms with Gasteiger partial charge in [-0.3, -0.25) is 9.59 Å². The fourth-order valence-electron chi connectivity index (χ4n) is 1.91. The summed E-state index contributed by atoms with van der Waals surface area (Å²) in [6.07, 6.45) is -0.388. The molecule has 0 heterocycles. The van der Waals surface area contributed by atoms with Crippen molar-refractivity contribution < 1.29 is 23.8 Å². The maximum Gasteiger partial charge on any atom is 0.315 e. The van der Waals surface area contributed by atoms with E-state index in [1.807, 2.05) is 0 Å². The summed E-state index contributed by atoms with van der Waals surface area (Å²) in [6, 6.07) is 4.25. The third-order valence-electron chi connectivity index (χ3n) is 2.73. The summed E-state index contributed by atoms with van der Waals surface area (Å²) in [5.74, 6) is -3.14. The van der Waals surface area contributed by atoms with Gasteiger partial charge in [-0.2, -0.15) is 0 Å². The van der Waals surface area contributed by atoms with Crippen LogP contribution < -0.4 is 5.73 Å². The van der Waals surface area contributed by atoms with Gasteiger partial charge in [0.2, 0.25) is 0 Å². The molecule has 0 spiro atoms. The normalized spacial score (nSPS) is 14.3. The molecule has 6 heteroatoms. The van der Waals surface area contributed by atoms with Gasteiger partial charge in [0.05, 0.1) is 12.3 Å². The molecule has 116 valence electrons. The Morgan fingerprint density at radius 3 is 2.24 bits per heavy atom. The molecular formula is C15H20FNO4. The molecule has 0 fully saturated rings. The molecule has 1 rings (SSSR count). The van der Waals surface area contributed by atoms with E-state index in [9.17, 15) is 14.0 Å². The van der Waals surface area contributed by atoms with E-state index in [2.05, 4.69) is 0 Å². The number of hydrogen-bond donors (Lipinski definition) is 2. The molecule has 21 heavy (non-hydrogen) atoms. The number of carbonyl (C=O) groups is 2. The molecule has 0 aromatic heterocycles. The molecule has 1 aromatic carbocycles. The van der Waals surface area contributed by atoms with Crippen molar-refractivity contribution >= 4 is 11.9 Å². The average Bonchev–Trinajstić information content (AvgIpc) is 2.28. The van der Waals surface area contributed by atoms with E-state index in [1.165, 1.54) is 24.3 Å². The number of rotatable bonds is 5. The number of aliphatic carboxylic acids is 1. The predicted octanol–water partition coefficient (Wildman–Crippen LogP) is 2.05. The Morgan fingerprint density at radius 2 is 1.81 bits per heavy atom. The van der Waals surface area contributed by atoms with E-state index < -0.39 is 35.3 Å². The van der Waals surface area contributed by atoms with Gasteiger partial charge in [-0.1, -0.05) is 12.1 Å². The quantitative estimate of drug-likeness (QED) is 0.812. The second-order valence-electron chi connectivity index (χ2n) is 5.82. The minimum Gasteiger partial charge on any atom is -0.481 e. The van der Waals surface area contributed by atoms with Gasteiger partial charge in [-0.15, -0.1) is 0 Å². The molecule has 0 amide bonds. The van der Waals surface area contributed by atoms with Gasteiger partial charge in [-0.25, -0.2) is 4.39 Å². The Kier molecular flexibility index (Phi) is 5.43. The lowest BCUT2D eigenvalue weighted by Crippen LogP contribution is -2.39. The molecule has 0 aliphatic rings. The molecule has 3 N–H and O–H groups in total. The van der Waals surface area contributed by atoms with Gasteiger partial charge < -0.3 is 15.6 Å². The van der Waals surface area contributed by atoms with Crippen LogP contribution in [0.2, 0.25) is 0 Å². The van der Waals surface area contributed by atoms with Crippen LogP contribution in [0.25, 0.3) is 0 Å². The van der Waals surface area contributed by atoms with E-state index in [-0.39, 0.29) is 6.42 Å². The number of nitrogens with two attached hydrogens (primary N) is 1. The van der Waals surface area contributed by atoms with Gasteiger partial charge in [0.15, 0.2) is 0 Å². The van der Waals surface area contributed by atoms with Gasteiger partial charge in [0, 0.05) is 6.04 Å². The molecule has 0 aliphatic heterocycles. The maximum absolute atomic E-state index is 13.0. The number of halogens is 1. The second kappa shape index (κ2) is 6.67. The summed E-state index contributed by atoms with van der Waals surface area (Å²) in [4.78, 5) is 23.1. The van der Waals surface area contributed by atoms with Crippen LogP contribution in [-0.4, -0.2) is 28.7 Å². The van der Waals surface area contributed by atoms with Crippen molar-refractivity contribution in [2.75, 3.05) is 0 Å². The number of benzene rings is 1. The van der Waals surface area contributed by atoms with E-state index in [0.717, 1.165) is 0 Å². The van der Waals surface area contributed by atoms with Crippen LogP contribution in [-0.2, 0) is 14.3 Å². The van der Waals surface area contributed by atoms with E-state index >= 15 is 0 Å². The van der Waals surface area contributed by atoms with Crippen LogP contribution >= 0.6 is 0 Å². The third kappa shape index (κ3) is 5.51. The molecule has 0 bridgehead atoms. The van der Waals surface area contributed by atoms with Gasteiger partial charge in [0.1, 0.15) is 11.4 Å². The highest BCUT2D eigenvalue weighted by atomic mass is 19.1. The zero-order chi connectivity index (χ0) is 16.2. The monoisotopic (exact) mass is 297 g/mol. The summed E-state index contributed by atoms with van der Waals surface area (Å²) in [7, 11) is 0. The van der Waals surface area contributed by atoms with Crippen molar-refractivity contribution in [1.29, 1.82) is 0 Å². The molecule has 1 unspecified atom stereocenters. The van der Waals surface area contributed by atoms with Crippen LogP contribution in [0, 0.1) is 5.82 Å². The van der Waals surface area contributed by atoms with Crippen LogP contribution in [0.3, 0.4) is 0 Å². The topological polar surface area (TPSA) is 89.6 Å². The van der Waals surface area contributed by atoms with Crippen molar-refractivity contribution in [3.05, 3.63) is 35.6 Å². The van der Waals surface area contributed by atoms with Crippen LogP contribution in [0.1, 0.15) is 38.7 Å². The number of hydrogen-bond acceptors (Lipinski definition) is 4. The SMILES string of the molecule is CC(C)(C)OC(=O)C(c1ccc(F)cc1)[C@H](N)CC(=O)O. The highest BCUT2D eigenvalue weighted by Crippen LogP contribution is 2.25. The highest BCUT2D eigenvalue weighted by molar-refractivity contribution is 5.81. The smallest absolute Gasteiger partial charge is 0.315 e. The molecule has 2 atom stereocenters. The molecule has 0 aliphatic carbocycles. The first-order valence-electron chi connectivity index (χ1n) is 6.56. The molecule has 0 saturated heterocycles. The van der Waals surface area contributed by atoms with E-state index in [0.29, 0.717) is 5.56 Å². The highest BCUT2D eigenvalue weighted by Gasteiger charge is 2.32. The zero-order valence-electron chi connectivity index (χ0n) is 12.3. The number of ether oxygens (including phenoxy) is 1. The summed E-state index contributed by atoms with van der Waals surface area (Å²) < 4.78 is 18.3. The number of esters is 1. The van der Waals surface area contributed by atoms with Crippen molar-refractivity contribution in [2.45, 2.75) is 44.8 Å². The van der Waals surface area contributed by atoms with E-state index in [4.69, 9.17) is 15.6 Å². The summed E-state index contributed by atoms with van der Waals surface area (Å²) >= 11 is 0. The summed E-state index contributed by atoms with van der Waals surface area (Å²) in [6.45, 7) is 5.11. The first-order valence-corrected chi connectivity index (χ1v) is 6.56. The Bertz CT molecular complexity index is 507. The second-order valence-corrected chi connectivity index (χ2v) is 5.82. The van der Waals surface area contributed by atoms with Gasteiger partial charge >= 0.3 is 11.9 Å². The minimum absolute atomic E-state index is 0.388. The van der Waals surface area contributed by atoms with Crippen molar-refractivity contribution in [3.63, 3.8) is 0 Å². The van der Waals surface area contributed by atoms with Crippen LogP contribution in [0.5, 0.6) is 0 Å². The van der Waals surface area contributed by atoms with Crippen molar-refractivity contribution in [2.24, 2.45) is 5.73 Å². The fourth-order valence-corrected chi connectivity index (χ4v) is 1.91. The Hall–Kier alpha value is -1.95. The first kappa shape index (κ1) is 17.1. The molecular weight excluding hydrogens is 277 g/mol. The average molecular weight is 297 g/mol. The standard InChI is InChI=1S/C15H20FNO4/c1-15(2,3)21-14(20)13(11(17)8-12(18)19)9-4-6-10(16)7-5-9/h4-7,11,13H,8,17H2,1-3H3,(H,18,19)/t11-,13?/m1/s1. The maximum atomic E-state index is 13.0. The molecule has 5 nitrogen and oxygen atoms in total. The first-order chi connectivity index (χ1) is 9.60. The van der Waals surface area contributed by atoms with Crippen molar-refractivity contribution in [1.82, 2.24) is 0 Å².